The van der Waals surface area contributed by atoms with Crippen LogP contribution in [0.1, 0.15) is 115 Å². The molecule has 0 aromatic rings. The maximum Gasteiger partial charge on any atom is 0.309 e. The number of carboxylic acid groups (broad SMARTS) is 2. The van der Waals surface area contributed by atoms with Crippen molar-refractivity contribution < 1.29 is 19.8 Å². The lowest BCUT2D eigenvalue weighted by Crippen LogP contribution is -2.40. The minimum absolute atomic E-state index is 0.0996. The first-order chi connectivity index (χ1) is 19.7. The highest BCUT2D eigenvalue weighted by molar-refractivity contribution is 8.00. The molecule has 0 saturated heterocycles. The molecule has 0 aliphatic rings. The summed E-state index contributed by atoms with van der Waals surface area (Å²) in [5.41, 5.74) is -5.13. The third-order valence-corrected chi connectivity index (χ3v) is 8.58. The van der Waals surface area contributed by atoms with Crippen LogP contribution in [0, 0.1) is 28.1 Å². The highest BCUT2D eigenvalue weighted by atomic mass is 32.2. The average Bonchev–Trinajstić information content (AvgIpc) is 2.87. The van der Waals surface area contributed by atoms with E-state index in [0.717, 1.165) is 0 Å². The first-order valence-electron chi connectivity index (χ1n) is 14.6. The SMILES string of the molecule is CC(C)(C)N=NC(C)(C)SCCC(CCSC(C)(C)N=NC(C)(C)C)(CC(C)(C#N)N=NC(C)(C#N)CCC(=O)O)C(=O)O. The monoisotopic (exact) mass is 652 g/mol. The number of azo groups is 3. The van der Waals surface area contributed by atoms with Gasteiger partial charge in [0.2, 0.25) is 0 Å². The van der Waals surface area contributed by atoms with Crippen LogP contribution in [0.2, 0.25) is 0 Å². The molecule has 44 heavy (non-hydrogen) atoms. The third-order valence-electron chi connectivity index (χ3n) is 6.19. The van der Waals surface area contributed by atoms with Crippen molar-refractivity contribution in [3.8, 4) is 12.1 Å². The van der Waals surface area contributed by atoms with Crippen LogP contribution in [0.15, 0.2) is 30.7 Å². The van der Waals surface area contributed by atoms with E-state index in [1.807, 2.05) is 75.3 Å². The number of hydrogen-bond donors (Lipinski definition) is 2. The molecule has 12 nitrogen and oxygen atoms in total. The zero-order valence-corrected chi connectivity index (χ0v) is 30.2. The molecular formula is C30H52N8O4S2. The van der Waals surface area contributed by atoms with Crippen molar-refractivity contribution in [2.45, 2.75) is 147 Å². The topological polar surface area (TPSA) is 196 Å². The number of aliphatic carboxylic acids is 2. The second-order valence-corrected chi connectivity index (χ2v) is 17.9. The van der Waals surface area contributed by atoms with Crippen LogP contribution in [-0.4, -0.2) is 65.6 Å². The van der Waals surface area contributed by atoms with Crippen LogP contribution in [0.3, 0.4) is 0 Å². The fourth-order valence-electron chi connectivity index (χ4n) is 3.64. The van der Waals surface area contributed by atoms with E-state index in [0.29, 0.717) is 11.5 Å². The Balaban J connectivity index is 6.38. The summed E-state index contributed by atoms with van der Waals surface area (Å²) in [7, 11) is 0. The maximum absolute atomic E-state index is 13.1. The van der Waals surface area contributed by atoms with Gasteiger partial charge in [-0.3, -0.25) is 9.59 Å². The minimum Gasteiger partial charge on any atom is -0.481 e. The van der Waals surface area contributed by atoms with Crippen molar-refractivity contribution >= 4 is 35.5 Å². The number of nitriles is 2. The molecule has 0 radical (unpaired) electrons. The molecule has 0 rings (SSSR count). The molecule has 0 saturated carbocycles. The molecule has 14 heteroatoms. The zero-order chi connectivity index (χ0) is 34.7. The molecule has 0 aromatic heterocycles. The normalized spacial score (nSPS) is 17.6. The molecule has 248 valence electrons. The van der Waals surface area contributed by atoms with Crippen LogP contribution in [0.4, 0.5) is 0 Å². The molecule has 0 fully saturated rings. The van der Waals surface area contributed by atoms with E-state index >= 15 is 0 Å². The maximum atomic E-state index is 13.1. The number of rotatable bonds is 18. The van der Waals surface area contributed by atoms with Crippen molar-refractivity contribution in [2.75, 3.05) is 11.5 Å². The summed E-state index contributed by atoms with van der Waals surface area (Å²) in [6.45, 7) is 22.3. The van der Waals surface area contributed by atoms with Gasteiger partial charge >= 0.3 is 11.9 Å². The second kappa shape index (κ2) is 16.1. The molecule has 2 unspecified atom stereocenters. The Labute approximate surface area is 272 Å². The van der Waals surface area contributed by atoms with Gasteiger partial charge in [-0.05, 0) is 114 Å². The Hall–Kier alpha value is -2.58. The van der Waals surface area contributed by atoms with E-state index < -0.39 is 38.2 Å². The van der Waals surface area contributed by atoms with Crippen molar-refractivity contribution in [2.24, 2.45) is 36.1 Å². The van der Waals surface area contributed by atoms with Crippen LogP contribution in [0.5, 0.6) is 0 Å². The van der Waals surface area contributed by atoms with Crippen molar-refractivity contribution in [1.82, 2.24) is 0 Å². The van der Waals surface area contributed by atoms with Gasteiger partial charge in [0.05, 0.1) is 28.6 Å². The van der Waals surface area contributed by atoms with Crippen LogP contribution >= 0.6 is 23.5 Å². The highest BCUT2D eigenvalue weighted by Crippen LogP contribution is 2.43. The van der Waals surface area contributed by atoms with Gasteiger partial charge in [0, 0.05) is 12.8 Å². The van der Waals surface area contributed by atoms with Crippen molar-refractivity contribution in [3.05, 3.63) is 0 Å². The number of nitrogens with zero attached hydrogens (tertiary/aromatic N) is 8. The predicted octanol–water partition coefficient (Wildman–Crippen LogP) is 8.55. The van der Waals surface area contributed by atoms with Gasteiger partial charge in [-0.1, -0.05) is 0 Å². The standard InChI is InChI=1S/C30H52N8O4S2/c1-24(2,3)33-35-26(7,8)43-17-15-30(23(41)42,16-18-44-27(9,10)36-34-25(4,5)6)19-29(12,21-32)38-37-28(11,20-31)14-13-22(39)40/h13-19H2,1-12H3,(H,39,40)(H,41,42). The second-order valence-electron chi connectivity index (χ2n) is 14.5. The molecule has 0 aliphatic carbocycles. The largest absolute Gasteiger partial charge is 0.481 e. The quantitative estimate of drug-likeness (QED) is 0.137. The summed E-state index contributed by atoms with van der Waals surface area (Å²) in [5, 5.41) is 65.5. The van der Waals surface area contributed by atoms with Gasteiger partial charge < -0.3 is 10.2 Å². The van der Waals surface area contributed by atoms with Crippen LogP contribution in [-0.2, 0) is 9.59 Å². The Morgan fingerprint density at radius 1 is 0.614 bits per heavy atom. The van der Waals surface area contributed by atoms with Crippen molar-refractivity contribution in [3.63, 3.8) is 0 Å². The molecule has 0 bridgehead atoms. The summed E-state index contributed by atoms with van der Waals surface area (Å²) < 4.78 is 0. The van der Waals surface area contributed by atoms with E-state index in [-0.39, 0.29) is 43.2 Å². The van der Waals surface area contributed by atoms with E-state index in [1.54, 1.807) is 0 Å². The minimum atomic E-state index is -1.59. The van der Waals surface area contributed by atoms with Gasteiger partial charge in [0.25, 0.3) is 0 Å². The number of carboxylic acids is 2. The molecule has 2 atom stereocenters. The fourth-order valence-corrected chi connectivity index (χ4v) is 5.82. The first kappa shape index (κ1) is 41.4. The molecule has 0 aliphatic heterocycles. The van der Waals surface area contributed by atoms with E-state index in [4.69, 9.17) is 5.11 Å². The number of hydrogen-bond acceptors (Lipinski definition) is 12. The Bertz CT molecular complexity index is 1120. The molecule has 0 spiro atoms. The summed E-state index contributed by atoms with van der Waals surface area (Å²) in [6.07, 6.45) is -0.131. The molecule has 0 aromatic carbocycles. The van der Waals surface area contributed by atoms with Crippen LogP contribution in [0.25, 0.3) is 0 Å². The third kappa shape index (κ3) is 17.0. The number of thioether (sulfide) groups is 2. The van der Waals surface area contributed by atoms with Crippen LogP contribution < -0.4 is 0 Å². The Morgan fingerprint density at radius 3 is 1.32 bits per heavy atom. The lowest BCUT2D eigenvalue weighted by atomic mass is 9.73. The van der Waals surface area contributed by atoms with E-state index in [9.17, 15) is 25.2 Å². The molecule has 0 amide bonds. The summed E-state index contributed by atoms with van der Waals surface area (Å²) in [4.78, 5) is 23.0. The van der Waals surface area contributed by atoms with Gasteiger partial charge in [-0.15, -0.1) is 23.5 Å². The summed E-state index contributed by atoms with van der Waals surface area (Å²) >= 11 is 2.96. The van der Waals surface area contributed by atoms with Gasteiger partial charge in [0.15, 0.2) is 11.1 Å². The Morgan fingerprint density at radius 2 is 1.00 bits per heavy atom. The predicted molar refractivity (Wildman–Crippen MR) is 176 cm³/mol. The average molecular weight is 653 g/mol. The van der Waals surface area contributed by atoms with E-state index in [1.165, 1.54) is 37.4 Å². The van der Waals surface area contributed by atoms with Gasteiger partial charge in [0.1, 0.15) is 9.74 Å². The molecule has 0 heterocycles. The van der Waals surface area contributed by atoms with E-state index in [2.05, 4.69) is 36.8 Å². The first-order valence-corrected chi connectivity index (χ1v) is 16.6. The molecular weight excluding hydrogens is 601 g/mol. The number of carbonyl (C=O) groups is 2. The molecule has 2 N–H and O–H groups in total. The van der Waals surface area contributed by atoms with Gasteiger partial charge in [-0.2, -0.15) is 41.2 Å². The fraction of sp³-hybridized carbons (Fsp3) is 0.867. The lowest BCUT2D eigenvalue weighted by Gasteiger charge is -2.35. The highest BCUT2D eigenvalue weighted by Gasteiger charge is 2.46. The Kier molecular flexibility index (Phi) is 15.2. The summed E-state index contributed by atoms with van der Waals surface area (Å²) in [6, 6.07) is 4.08. The van der Waals surface area contributed by atoms with Crippen molar-refractivity contribution in [1.29, 1.82) is 10.5 Å². The van der Waals surface area contributed by atoms with Gasteiger partial charge in [-0.25, -0.2) is 0 Å². The lowest BCUT2D eigenvalue weighted by molar-refractivity contribution is -0.150. The summed E-state index contributed by atoms with van der Waals surface area (Å²) in [5.74, 6) is -1.30. The smallest absolute Gasteiger partial charge is 0.309 e. The zero-order valence-electron chi connectivity index (χ0n) is 28.6.